The van der Waals surface area contributed by atoms with Gasteiger partial charge in [-0.2, -0.15) is 0 Å². The van der Waals surface area contributed by atoms with Gasteiger partial charge in [0.15, 0.2) is 9.84 Å². The highest BCUT2D eigenvalue weighted by Gasteiger charge is 2.41. The molecular weight excluding hydrogens is 228 g/mol. The third kappa shape index (κ3) is 2.56. The number of sulfone groups is 1. The van der Waals surface area contributed by atoms with Crippen LogP contribution in [0.25, 0.3) is 0 Å². The third-order valence-corrected chi connectivity index (χ3v) is 5.27. The molecule has 0 aliphatic carbocycles. The van der Waals surface area contributed by atoms with Crippen LogP contribution >= 0.6 is 0 Å². The lowest BCUT2D eigenvalue weighted by Gasteiger charge is -2.25. The molecule has 3 atom stereocenters. The van der Waals surface area contributed by atoms with E-state index in [0.717, 1.165) is 26.1 Å². The van der Waals surface area contributed by atoms with Crippen molar-refractivity contribution in [2.45, 2.75) is 18.6 Å². The van der Waals surface area contributed by atoms with E-state index >= 15 is 0 Å². The minimum absolute atomic E-state index is 0.0646. The van der Waals surface area contributed by atoms with Crippen LogP contribution < -0.4 is 5.32 Å². The van der Waals surface area contributed by atoms with Gasteiger partial charge in [0.05, 0.1) is 23.7 Å². The molecule has 2 fully saturated rings. The normalized spacial score (nSPS) is 39.2. The summed E-state index contributed by atoms with van der Waals surface area (Å²) in [6, 6.07) is -0.174. The predicted octanol–water partition coefficient (Wildman–Crippen LogP) is -1.31. The van der Waals surface area contributed by atoms with Crippen molar-refractivity contribution in [2.75, 3.05) is 38.2 Å². The van der Waals surface area contributed by atoms with Crippen LogP contribution in [0.3, 0.4) is 0 Å². The second-order valence-electron chi connectivity index (χ2n) is 4.92. The number of aliphatic hydroxyl groups is 1. The smallest absolute Gasteiger partial charge is 0.154 e. The summed E-state index contributed by atoms with van der Waals surface area (Å²) in [6.07, 6.45) is 0.391. The van der Waals surface area contributed by atoms with E-state index < -0.39 is 15.9 Å². The molecule has 2 heterocycles. The van der Waals surface area contributed by atoms with Crippen molar-refractivity contribution in [1.82, 2.24) is 10.2 Å². The molecule has 2 aliphatic heterocycles. The lowest BCUT2D eigenvalue weighted by atomic mass is 10.1. The summed E-state index contributed by atoms with van der Waals surface area (Å²) >= 11 is 0. The molecule has 2 rings (SSSR count). The molecule has 5 nitrogen and oxygen atoms in total. The van der Waals surface area contributed by atoms with Crippen molar-refractivity contribution in [3.8, 4) is 0 Å². The molecule has 0 amide bonds. The molecule has 0 aromatic heterocycles. The molecule has 94 valence electrons. The predicted molar refractivity (Wildman–Crippen MR) is 62.1 cm³/mol. The van der Waals surface area contributed by atoms with Gasteiger partial charge in [-0.15, -0.1) is 0 Å². The quantitative estimate of drug-likeness (QED) is 0.649. The van der Waals surface area contributed by atoms with Crippen molar-refractivity contribution in [1.29, 1.82) is 0 Å². The molecule has 0 bridgehead atoms. The van der Waals surface area contributed by atoms with Gasteiger partial charge in [0.1, 0.15) is 0 Å². The summed E-state index contributed by atoms with van der Waals surface area (Å²) in [6.45, 7) is 2.77. The molecule has 3 unspecified atom stereocenters. The third-order valence-electron chi connectivity index (χ3n) is 3.57. The lowest BCUT2D eigenvalue weighted by molar-refractivity contribution is 0.0964. The number of likely N-dealkylation sites (tertiary alicyclic amines) is 1. The number of hydrogen-bond acceptors (Lipinski definition) is 5. The monoisotopic (exact) mass is 248 g/mol. The van der Waals surface area contributed by atoms with Crippen LogP contribution in [-0.4, -0.2) is 68.8 Å². The number of aliphatic hydroxyl groups excluding tert-OH is 1. The van der Waals surface area contributed by atoms with Gasteiger partial charge in [0, 0.05) is 6.54 Å². The van der Waals surface area contributed by atoms with Crippen LogP contribution in [0, 0.1) is 5.92 Å². The molecule has 2 saturated heterocycles. The molecule has 2 N–H and O–H groups in total. The zero-order valence-corrected chi connectivity index (χ0v) is 10.4. The van der Waals surface area contributed by atoms with Crippen molar-refractivity contribution in [2.24, 2.45) is 5.92 Å². The molecule has 0 aromatic carbocycles. The Hall–Kier alpha value is -0.170. The Bertz CT molecular complexity index is 344. The summed E-state index contributed by atoms with van der Waals surface area (Å²) in [7, 11) is -1.09. The van der Waals surface area contributed by atoms with Crippen LogP contribution in [0.2, 0.25) is 0 Å². The second-order valence-corrected chi connectivity index (χ2v) is 7.07. The summed E-state index contributed by atoms with van der Waals surface area (Å²) in [5.74, 6) is 0.645. The average Bonchev–Trinajstić information content (AvgIpc) is 2.71. The van der Waals surface area contributed by atoms with Gasteiger partial charge in [-0.05, 0) is 32.5 Å². The van der Waals surface area contributed by atoms with Gasteiger partial charge < -0.3 is 10.4 Å². The molecule has 0 spiro atoms. The Labute approximate surface area is 96.7 Å². The van der Waals surface area contributed by atoms with E-state index in [0.29, 0.717) is 5.92 Å². The molecule has 16 heavy (non-hydrogen) atoms. The Morgan fingerprint density at radius 3 is 2.75 bits per heavy atom. The Kier molecular flexibility index (Phi) is 3.53. The standard InChI is InChI=1S/C10H20N2O3S/c1-11-4-8-2-3-12(5-8)9-6-16(14,15)7-10(9)13/h8-11,13H,2-7H2,1H3. The van der Waals surface area contributed by atoms with Gasteiger partial charge in [-0.1, -0.05) is 0 Å². The molecular formula is C10H20N2O3S. The second kappa shape index (κ2) is 4.60. The SMILES string of the molecule is CNCC1CCN(C2CS(=O)(=O)CC2O)C1. The zero-order valence-electron chi connectivity index (χ0n) is 9.59. The maximum atomic E-state index is 11.4. The number of nitrogens with one attached hydrogen (secondary N) is 1. The van der Waals surface area contributed by atoms with E-state index in [-0.39, 0.29) is 17.5 Å². The van der Waals surface area contributed by atoms with Crippen molar-refractivity contribution in [3.05, 3.63) is 0 Å². The summed E-state index contributed by atoms with van der Waals surface area (Å²) in [5.41, 5.74) is 0. The minimum Gasteiger partial charge on any atom is -0.390 e. The number of hydrogen-bond donors (Lipinski definition) is 2. The van der Waals surface area contributed by atoms with Gasteiger partial charge >= 0.3 is 0 Å². The first-order chi connectivity index (χ1) is 7.52. The van der Waals surface area contributed by atoms with E-state index in [1.54, 1.807) is 0 Å². The van der Waals surface area contributed by atoms with Crippen LogP contribution in [-0.2, 0) is 9.84 Å². The highest BCUT2D eigenvalue weighted by Crippen LogP contribution is 2.24. The Balaban J connectivity index is 1.95. The highest BCUT2D eigenvalue weighted by molar-refractivity contribution is 7.91. The first-order valence-electron chi connectivity index (χ1n) is 5.79. The van der Waals surface area contributed by atoms with Gasteiger partial charge in [0.2, 0.25) is 0 Å². The average molecular weight is 248 g/mol. The fourth-order valence-corrected chi connectivity index (χ4v) is 4.61. The van der Waals surface area contributed by atoms with Gasteiger partial charge in [-0.3, -0.25) is 4.90 Å². The van der Waals surface area contributed by atoms with Crippen molar-refractivity contribution < 1.29 is 13.5 Å². The van der Waals surface area contributed by atoms with Crippen molar-refractivity contribution in [3.63, 3.8) is 0 Å². The Morgan fingerprint density at radius 2 is 2.19 bits per heavy atom. The largest absolute Gasteiger partial charge is 0.390 e. The van der Waals surface area contributed by atoms with Crippen LogP contribution in [0.15, 0.2) is 0 Å². The van der Waals surface area contributed by atoms with E-state index in [4.69, 9.17) is 0 Å². The van der Waals surface area contributed by atoms with E-state index in [1.807, 2.05) is 7.05 Å². The van der Waals surface area contributed by atoms with Crippen LogP contribution in [0.4, 0.5) is 0 Å². The van der Waals surface area contributed by atoms with E-state index in [1.165, 1.54) is 0 Å². The molecule has 2 aliphatic rings. The molecule has 0 saturated carbocycles. The molecule has 0 radical (unpaired) electrons. The maximum absolute atomic E-state index is 11.4. The van der Waals surface area contributed by atoms with E-state index in [2.05, 4.69) is 10.2 Å². The van der Waals surface area contributed by atoms with Gasteiger partial charge in [-0.25, -0.2) is 8.42 Å². The molecule has 6 heteroatoms. The lowest BCUT2D eigenvalue weighted by Crippen LogP contribution is -2.42. The fourth-order valence-electron chi connectivity index (χ4n) is 2.78. The van der Waals surface area contributed by atoms with Gasteiger partial charge in [0.25, 0.3) is 0 Å². The topological polar surface area (TPSA) is 69.6 Å². The first kappa shape index (κ1) is 12.3. The summed E-state index contributed by atoms with van der Waals surface area (Å²) in [4.78, 5) is 2.14. The minimum atomic E-state index is -3.02. The molecule has 0 aromatic rings. The van der Waals surface area contributed by atoms with Crippen LogP contribution in [0.5, 0.6) is 0 Å². The summed E-state index contributed by atoms with van der Waals surface area (Å²) in [5, 5.41) is 12.9. The number of rotatable bonds is 3. The Morgan fingerprint density at radius 1 is 1.44 bits per heavy atom. The number of nitrogens with zero attached hydrogens (tertiary/aromatic N) is 1. The fraction of sp³-hybridized carbons (Fsp3) is 1.00. The first-order valence-corrected chi connectivity index (χ1v) is 7.61. The van der Waals surface area contributed by atoms with Crippen molar-refractivity contribution >= 4 is 9.84 Å². The maximum Gasteiger partial charge on any atom is 0.154 e. The van der Waals surface area contributed by atoms with Crippen LogP contribution in [0.1, 0.15) is 6.42 Å². The highest BCUT2D eigenvalue weighted by atomic mass is 32.2. The zero-order chi connectivity index (χ0) is 11.8. The van der Waals surface area contributed by atoms with E-state index in [9.17, 15) is 13.5 Å². The summed E-state index contributed by atoms with van der Waals surface area (Å²) < 4.78 is 22.8.